The maximum Gasteiger partial charge on any atom is 0.410 e. The third kappa shape index (κ3) is 6.11. The molecule has 1 saturated carbocycles. The molecule has 6 aliphatic rings. The van der Waals surface area contributed by atoms with Crippen molar-refractivity contribution in [2.45, 2.75) is 90.3 Å². The lowest BCUT2D eigenvalue weighted by Gasteiger charge is -2.46. The maximum atomic E-state index is 13.2. The van der Waals surface area contributed by atoms with Crippen molar-refractivity contribution >= 4 is 24.0 Å². The predicted molar refractivity (Wildman–Crippen MR) is 178 cm³/mol. The molecule has 11 nitrogen and oxygen atoms in total. The molecule has 2 amide bonds. The predicted octanol–water partition coefficient (Wildman–Crippen LogP) is 4.54. The summed E-state index contributed by atoms with van der Waals surface area (Å²) >= 11 is 0. The van der Waals surface area contributed by atoms with E-state index in [0.29, 0.717) is 31.5 Å². The fourth-order valence-corrected chi connectivity index (χ4v) is 8.50. The number of amides is 2. The molecule has 5 fully saturated rings. The van der Waals surface area contributed by atoms with E-state index in [9.17, 15) is 9.59 Å². The Labute approximate surface area is 278 Å². The second-order valence-corrected chi connectivity index (χ2v) is 15.8. The number of hydrogen-bond acceptors (Lipinski definition) is 9. The van der Waals surface area contributed by atoms with E-state index in [1.54, 1.807) is 4.90 Å². The Morgan fingerprint density at radius 1 is 0.915 bits per heavy atom. The SMILES string of the molecule is CC(C1CN(c2nc3c(c(N4C[C@H]5CC[C@@H](C4)N5C(=O)OC(C)(C)C)n2)CCN(C(=O)OCc2ccccc2)C3)C1)N1CC2CC2C1. The van der Waals surface area contributed by atoms with Gasteiger partial charge in [0.2, 0.25) is 5.95 Å². The van der Waals surface area contributed by atoms with Gasteiger partial charge in [-0.1, -0.05) is 30.3 Å². The average molecular weight is 644 g/mol. The Balaban J connectivity index is 1.01. The highest BCUT2D eigenvalue weighted by Gasteiger charge is 2.49. The van der Waals surface area contributed by atoms with Crippen LogP contribution in [0.3, 0.4) is 0 Å². The van der Waals surface area contributed by atoms with Gasteiger partial charge >= 0.3 is 12.2 Å². The number of benzene rings is 1. The number of anilines is 2. The zero-order valence-electron chi connectivity index (χ0n) is 28.3. The van der Waals surface area contributed by atoms with Crippen molar-refractivity contribution in [2.75, 3.05) is 55.6 Å². The summed E-state index contributed by atoms with van der Waals surface area (Å²) in [5, 5.41) is 0. The van der Waals surface area contributed by atoms with Crippen LogP contribution in [0.5, 0.6) is 0 Å². The molecular weight excluding hydrogens is 594 g/mol. The van der Waals surface area contributed by atoms with Gasteiger partial charge in [-0.05, 0) is 70.8 Å². The molecule has 1 aromatic heterocycles. The van der Waals surface area contributed by atoms with Gasteiger partial charge in [0.1, 0.15) is 18.0 Å². The number of fused-ring (bicyclic) bond motifs is 4. The Morgan fingerprint density at radius 3 is 2.30 bits per heavy atom. The van der Waals surface area contributed by atoms with Crippen LogP contribution in [0, 0.1) is 17.8 Å². The first-order valence-electron chi connectivity index (χ1n) is 17.7. The minimum absolute atomic E-state index is 0.0895. The van der Waals surface area contributed by atoms with Crippen LogP contribution in [-0.4, -0.2) is 106 Å². The molecule has 5 atom stereocenters. The smallest absolute Gasteiger partial charge is 0.410 e. The number of likely N-dealkylation sites (tertiary alicyclic amines) is 1. The minimum Gasteiger partial charge on any atom is -0.445 e. The molecule has 6 heterocycles. The molecule has 5 aliphatic heterocycles. The Hall–Kier alpha value is -3.60. The average Bonchev–Trinajstić information content (AvgIpc) is 3.53. The molecule has 0 N–H and O–H groups in total. The van der Waals surface area contributed by atoms with Crippen molar-refractivity contribution in [1.29, 1.82) is 0 Å². The summed E-state index contributed by atoms with van der Waals surface area (Å²) < 4.78 is 11.5. The van der Waals surface area contributed by atoms with Crippen LogP contribution in [0.15, 0.2) is 30.3 Å². The summed E-state index contributed by atoms with van der Waals surface area (Å²) in [6, 6.07) is 10.5. The van der Waals surface area contributed by atoms with Gasteiger partial charge in [-0.25, -0.2) is 14.6 Å². The quantitative estimate of drug-likeness (QED) is 0.450. The van der Waals surface area contributed by atoms with Gasteiger partial charge in [0.05, 0.1) is 24.3 Å². The van der Waals surface area contributed by atoms with Crippen LogP contribution < -0.4 is 9.80 Å². The van der Waals surface area contributed by atoms with Crippen LogP contribution in [0.4, 0.5) is 21.4 Å². The monoisotopic (exact) mass is 643 g/mol. The molecule has 2 aromatic rings. The van der Waals surface area contributed by atoms with Gasteiger partial charge < -0.3 is 24.2 Å². The molecule has 8 rings (SSSR count). The second-order valence-electron chi connectivity index (χ2n) is 15.8. The highest BCUT2D eigenvalue weighted by Crippen LogP contribution is 2.46. The number of piperazine rings is 1. The van der Waals surface area contributed by atoms with Crippen LogP contribution in [0.25, 0.3) is 0 Å². The Morgan fingerprint density at radius 2 is 1.62 bits per heavy atom. The van der Waals surface area contributed by atoms with Gasteiger partial charge in [0, 0.05) is 63.3 Å². The van der Waals surface area contributed by atoms with Crippen LogP contribution in [-0.2, 0) is 29.0 Å². The van der Waals surface area contributed by atoms with Gasteiger partial charge in [-0.15, -0.1) is 0 Å². The van der Waals surface area contributed by atoms with Gasteiger partial charge in [-0.3, -0.25) is 9.80 Å². The highest BCUT2D eigenvalue weighted by atomic mass is 16.6. The first-order valence-corrected chi connectivity index (χ1v) is 17.7. The number of hydrogen-bond donors (Lipinski definition) is 0. The molecule has 0 spiro atoms. The van der Waals surface area contributed by atoms with E-state index in [2.05, 4.69) is 21.6 Å². The normalized spacial score (nSPS) is 27.7. The molecule has 1 aliphatic carbocycles. The molecule has 2 bridgehead atoms. The lowest BCUT2D eigenvalue weighted by Crippen LogP contribution is -2.58. The van der Waals surface area contributed by atoms with Crippen molar-refractivity contribution in [2.24, 2.45) is 17.8 Å². The Bertz CT molecular complexity index is 1480. The van der Waals surface area contributed by atoms with E-state index >= 15 is 0 Å². The van der Waals surface area contributed by atoms with Crippen molar-refractivity contribution < 1.29 is 19.1 Å². The fraction of sp³-hybridized carbons (Fsp3) is 0.667. The summed E-state index contributed by atoms with van der Waals surface area (Å²) in [5.74, 6) is 4.21. The van der Waals surface area contributed by atoms with E-state index in [4.69, 9.17) is 19.4 Å². The zero-order chi connectivity index (χ0) is 32.4. The van der Waals surface area contributed by atoms with Crippen molar-refractivity contribution in [3.8, 4) is 0 Å². The van der Waals surface area contributed by atoms with Gasteiger partial charge in [-0.2, -0.15) is 4.98 Å². The zero-order valence-corrected chi connectivity index (χ0v) is 28.3. The highest BCUT2D eigenvalue weighted by molar-refractivity contribution is 5.71. The largest absolute Gasteiger partial charge is 0.445 e. The minimum atomic E-state index is -0.524. The molecule has 252 valence electrons. The van der Waals surface area contributed by atoms with Gasteiger partial charge in [0.25, 0.3) is 0 Å². The number of nitrogens with zero attached hydrogens (tertiary/aromatic N) is 7. The fourth-order valence-electron chi connectivity index (χ4n) is 8.50. The summed E-state index contributed by atoms with van der Waals surface area (Å²) in [6.45, 7) is 15.2. The third-order valence-corrected chi connectivity index (χ3v) is 11.3. The first kappa shape index (κ1) is 30.7. The third-order valence-electron chi connectivity index (χ3n) is 11.3. The molecule has 47 heavy (non-hydrogen) atoms. The maximum absolute atomic E-state index is 13.2. The molecule has 4 saturated heterocycles. The summed E-state index contributed by atoms with van der Waals surface area (Å²) in [4.78, 5) is 47.9. The molecule has 1 aromatic carbocycles. The van der Waals surface area contributed by atoms with Crippen LogP contribution in [0.2, 0.25) is 0 Å². The number of piperidine rings is 1. The standard InChI is InChI=1S/C36H49N7O4/c1-23(40-15-25-14-26(25)16-40)27-17-42(18-27)33-37-31-21-39(34(44)46-22-24-8-6-5-7-9-24)13-12-30(31)32(38-33)41-19-28-10-11-29(20-41)43(28)35(45)47-36(2,3)4/h5-9,23,25-29H,10-22H2,1-4H3/t23?,25?,26?,28-,29+. The van der Waals surface area contributed by atoms with E-state index in [-0.39, 0.29) is 30.9 Å². The number of ether oxygens (including phenoxy) is 2. The lowest BCUT2D eigenvalue weighted by atomic mass is 9.91. The summed E-state index contributed by atoms with van der Waals surface area (Å²) in [5.41, 5.74) is 2.47. The van der Waals surface area contributed by atoms with Crippen molar-refractivity contribution in [3.63, 3.8) is 0 Å². The second kappa shape index (κ2) is 11.8. The lowest BCUT2D eigenvalue weighted by molar-refractivity contribution is 0.0122. The first-order chi connectivity index (χ1) is 22.6. The molecule has 11 heteroatoms. The summed E-state index contributed by atoms with van der Waals surface area (Å²) in [7, 11) is 0. The number of carbonyl (C=O) groups is 2. The number of rotatable bonds is 6. The van der Waals surface area contributed by atoms with E-state index in [1.807, 2.05) is 56.0 Å². The number of aromatic nitrogens is 2. The summed E-state index contributed by atoms with van der Waals surface area (Å²) in [6.07, 6.45) is 3.50. The molecule has 3 unspecified atom stereocenters. The number of carbonyl (C=O) groups excluding carboxylic acids is 2. The van der Waals surface area contributed by atoms with Crippen molar-refractivity contribution in [1.82, 2.24) is 24.7 Å². The molecular formula is C36H49N7O4. The Kier molecular flexibility index (Phi) is 7.73. The van der Waals surface area contributed by atoms with Gasteiger partial charge in [0.15, 0.2) is 0 Å². The molecule has 0 radical (unpaired) electrons. The van der Waals surface area contributed by atoms with Crippen LogP contribution in [0.1, 0.15) is 63.8 Å². The van der Waals surface area contributed by atoms with E-state index < -0.39 is 5.60 Å². The van der Waals surface area contributed by atoms with Crippen molar-refractivity contribution in [3.05, 3.63) is 47.2 Å². The van der Waals surface area contributed by atoms with E-state index in [1.165, 1.54) is 19.5 Å². The van der Waals surface area contributed by atoms with Crippen LogP contribution >= 0.6 is 0 Å². The van der Waals surface area contributed by atoms with E-state index in [0.717, 1.165) is 79.4 Å². The topological polar surface area (TPSA) is 94.6 Å².